The van der Waals surface area contributed by atoms with Crippen LogP contribution in [0.15, 0.2) is 54.8 Å². The van der Waals surface area contributed by atoms with E-state index in [1.54, 1.807) is 6.07 Å². The van der Waals surface area contributed by atoms with Gasteiger partial charge in [0.25, 0.3) is 5.69 Å². The van der Waals surface area contributed by atoms with Crippen LogP contribution in [0.4, 0.5) is 5.69 Å². The normalized spacial score (nSPS) is 10.5. The highest BCUT2D eigenvalue weighted by Crippen LogP contribution is 2.22. The summed E-state index contributed by atoms with van der Waals surface area (Å²) >= 11 is 5.53. The molecule has 0 aromatic heterocycles. The van der Waals surface area contributed by atoms with Crippen LogP contribution in [0.3, 0.4) is 0 Å². The second-order valence-corrected chi connectivity index (χ2v) is 7.50. The number of hydrogen-bond donors (Lipinski definition) is 1. The van der Waals surface area contributed by atoms with Gasteiger partial charge < -0.3 is 19.7 Å². The van der Waals surface area contributed by atoms with E-state index in [4.69, 9.17) is 21.7 Å². The molecule has 0 fully saturated rings. The number of nitro benzene ring substituents is 1. The van der Waals surface area contributed by atoms with Gasteiger partial charge in [0.05, 0.1) is 10.5 Å². The van der Waals surface area contributed by atoms with Gasteiger partial charge in [-0.25, -0.2) is 0 Å². The topological polar surface area (TPSA) is 76.9 Å². The summed E-state index contributed by atoms with van der Waals surface area (Å²) in [5.41, 5.74) is 2.59. The first-order chi connectivity index (χ1) is 14.3. The number of rotatable bonds is 11. The van der Waals surface area contributed by atoms with E-state index in [2.05, 4.69) is 11.9 Å². The van der Waals surface area contributed by atoms with E-state index < -0.39 is 4.92 Å². The molecule has 1 N–H and O–H groups in total. The molecule has 2 aromatic carbocycles. The Kier molecular flexibility index (Phi) is 8.76. The van der Waals surface area contributed by atoms with Crippen LogP contribution in [0.5, 0.6) is 5.75 Å². The lowest BCUT2D eigenvalue weighted by molar-refractivity contribution is -0.384. The molecule has 160 valence electrons. The highest BCUT2D eigenvalue weighted by molar-refractivity contribution is 7.80. The first-order valence-electron chi connectivity index (χ1n) is 9.46. The van der Waals surface area contributed by atoms with Crippen LogP contribution in [0.1, 0.15) is 16.7 Å². The zero-order valence-electron chi connectivity index (χ0n) is 17.5. The van der Waals surface area contributed by atoms with Gasteiger partial charge in [0.1, 0.15) is 29.7 Å². The van der Waals surface area contributed by atoms with Crippen molar-refractivity contribution in [2.75, 3.05) is 33.9 Å². The van der Waals surface area contributed by atoms with Crippen LogP contribution in [0.25, 0.3) is 0 Å². The number of ether oxygens (including phenoxy) is 2. The molecule has 7 nitrogen and oxygen atoms in total. The lowest BCUT2D eigenvalue weighted by atomic mass is 10.1. The maximum atomic E-state index is 10.9. The fraction of sp³-hybridized carbons (Fsp3) is 0.318. The number of nitrogens with zero attached hydrogens (tertiary/aromatic N) is 2. The first kappa shape index (κ1) is 23.3. The predicted octanol–water partition coefficient (Wildman–Crippen LogP) is 3.84. The standard InChI is InChI=1S/C22H27N3O4S/c1-16-8-9-20(21(12-16)29-15-17(2)28-11-10-24(3)4)22(30)23-14-18-6-5-7-19(13-18)25(26)27/h5-9,12-13H,2,10-11,14-15H2,1,3-4H3,(H,23,30). The molecule has 0 spiro atoms. The second-order valence-electron chi connectivity index (χ2n) is 7.09. The Morgan fingerprint density at radius 1 is 1.27 bits per heavy atom. The van der Waals surface area contributed by atoms with Crippen LogP contribution in [-0.4, -0.2) is 48.7 Å². The molecule has 0 aliphatic heterocycles. The Labute approximate surface area is 182 Å². The van der Waals surface area contributed by atoms with Gasteiger partial charge in [0.15, 0.2) is 0 Å². The molecule has 0 bridgehead atoms. The van der Waals surface area contributed by atoms with Crippen molar-refractivity contribution in [3.63, 3.8) is 0 Å². The number of likely N-dealkylation sites (N-methyl/N-ethyl adjacent to an activating group) is 1. The smallest absolute Gasteiger partial charge is 0.269 e. The average molecular weight is 430 g/mol. The number of non-ortho nitro benzene ring substituents is 1. The number of thiocarbonyl (C=S) groups is 1. The van der Waals surface area contributed by atoms with Crippen LogP contribution in [-0.2, 0) is 11.3 Å². The summed E-state index contributed by atoms with van der Waals surface area (Å²) in [6.07, 6.45) is 0. The zero-order valence-corrected chi connectivity index (χ0v) is 18.3. The van der Waals surface area contributed by atoms with Crippen LogP contribution in [0.2, 0.25) is 0 Å². The Hall–Kier alpha value is -2.97. The molecule has 0 heterocycles. The quantitative estimate of drug-likeness (QED) is 0.252. The van der Waals surface area contributed by atoms with E-state index in [0.717, 1.165) is 23.2 Å². The van der Waals surface area contributed by atoms with E-state index in [9.17, 15) is 10.1 Å². The van der Waals surface area contributed by atoms with Gasteiger partial charge in [-0.3, -0.25) is 10.1 Å². The van der Waals surface area contributed by atoms with E-state index in [-0.39, 0.29) is 12.3 Å². The SMILES string of the molecule is C=C(COc1cc(C)ccc1C(=S)NCc1cccc([N+](=O)[O-])c1)OCCN(C)C. The lowest BCUT2D eigenvalue weighted by Crippen LogP contribution is -2.23. The van der Waals surface area contributed by atoms with Gasteiger partial charge in [-0.05, 0) is 44.3 Å². The summed E-state index contributed by atoms with van der Waals surface area (Å²) in [6.45, 7) is 7.79. The van der Waals surface area contributed by atoms with Crippen molar-refractivity contribution in [1.29, 1.82) is 0 Å². The average Bonchev–Trinajstić information content (AvgIpc) is 2.70. The van der Waals surface area contributed by atoms with E-state index in [0.29, 0.717) is 29.6 Å². The van der Waals surface area contributed by atoms with Gasteiger partial charge in [-0.15, -0.1) is 0 Å². The highest BCUT2D eigenvalue weighted by Gasteiger charge is 2.12. The third kappa shape index (κ3) is 7.46. The number of benzene rings is 2. The molecule has 0 aliphatic rings. The van der Waals surface area contributed by atoms with Crippen molar-refractivity contribution in [3.8, 4) is 5.75 Å². The van der Waals surface area contributed by atoms with Crippen LogP contribution >= 0.6 is 12.2 Å². The second kappa shape index (κ2) is 11.3. The minimum Gasteiger partial charge on any atom is -0.494 e. The van der Waals surface area contributed by atoms with Crippen molar-refractivity contribution in [1.82, 2.24) is 10.2 Å². The molecular formula is C22H27N3O4S. The molecule has 0 radical (unpaired) electrons. The molecule has 0 saturated carbocycles. The van der Waals surface area contributed by atoms with E-state index >= 15 is 0 Å². The fourth-order valence-corrected chi connectivity index (χ4v) is 2.81. The van der Waals surface area contributed by atoms with Crippen molar-refractivity contribution in [2.45, 2.75) is 13.5 Å². The Balaban J connectivity index is 1.99. The molecule has 2 rings (SSSR count). The Bertz CT molecular complexity index is 915. The molecule has 2 aromatic rings. The molecule has 0 unspecified atom stereocenters. The van der Waals surface area contributed by atoms with Gasteiger partial charge >= 0.3 is 0 Å². The number of hydrogen-bond acceptors (Lipinski definition) is 6. The van der Waals surface area contributed by atoms with E-state index in [1.807, 2.05) is 50.2 Å². The van der Waals surface area contributed by atoms with Gasteiger partial charge in [-0.1, -0.05) is 37.0 Å². The zero-order chi connectivity index (χ0) is 22.1. The summed E-state index contributed by atoms with van der Waals surface area (Å²) in [7, 11) is 3.95. The number of nitrogens with one attached hydrogen (secondary N) is 1. The molecule has 0 saturated heterocycles. The molecule has 8 heteroatoms. The third-order valence-corrected chi connectivity index (χ3v) is 4.55. The van der Waals surface area contributed by atoms with Crippen molar-refractivity contribution in [2.24, 2.45) is 0 Å². The fourth-order valence-electron chi connectivity index (χ4n) is 2.57. The molecular weight excluding hydrogens is 402 g/mol. The monoisotopic (exact) mass is 429 g/mol. The Morgan fingerprint density at radius 3 is 2.73 bits per heavy atom. The van der Waals surface area contributed by atoms with Gasteiger partial charge in [-0.2, -0.15) is 0 Å². The summed E-state index contributed by atoms with van der Waals surface area (Å²) in [6, 6.07) is 12.2. The highest BCUT2D eigenvalue weighted by atomic mass is 32.1. The number of nitro groups is 1. The van der Waals surface area contributed by atoms with Crippen LogP contribution < -0.4 is 10.1 Å². The van der Waals surface area contributed by atoms with Crippen LogP contribution in [0, 0.1) is 17.0 Å². The minimum atomic E-state index is -0.415. The maximum absolute atomic E-state index is 10.9. The van der Waals surface area contributed by atoms with E-state index in [1.165, 1.54) is 12.1 Å². The largest absolute Gasteiger partial charge is 0.494 e. The molecule has 30 heavy (non-hydrogen) atoms. The maximum Gasteiger partial charge on any atom is 0.269 e. The molecule has 0 aliphatic carbocycles. The Morgan fingerprint density at radius 2 is 2.03 bits per heavy atom. The lowest BCUT2D eigenvalue weighted by Gasteiger charge is -2.16. The van der Waals surface area contributed by atoms with Crippen molar-refractivity contribution in [3.05, 3.63) is 81.6 Å². The summed E-state index contributed by atoms with van der Waals surface area (Å²) in [5.74, 6) is 1.17. The van der Waals surface area contributed by atoms with Crippen molar-refractivity contribution < 1.29 is 14.4 Å². The summed E-state index contributed by atoms with van der Waals surface area (Å²) in [4.78, 5) is 13.0. The summed E-state index contributed by atoms with van der Waals surface area (Å²) in [5, 5.41) is 14.1. The summed E-state index contributed by atoms with van der Waals surface area (Å²) < 4.78 is 11.5. The molecule has 0 amide bonds. The minimum absolute atomic E-state index is 0.0485. The van der Waals surface area contributed by atoms with Gasteiger partial charge in [0, 0.05) is 25.2 Å². The predicted molar refractivity (Wildman–Crippen MR) is 122 cm³/mol. The van der Waals surface area contributed by atoms with Gasteiger partial charge in [0.2, 0.25) is 0 Å². The first-order valence-corrected chi connectivity index (χ1v) is 9.87. The van der Waals surface area contributed by atoms with Crippen molar-refractivity contribution >= 4 is 22.9 Å². The number of aryl methyl sites for hydroxylation is 1. The molecule has 0 atom stereocenters. The third-order valence-electron chi connectivity index (χ3n) is 4.19.